The number of ether oxygens (including phenoxy) is 1. The van der Waals surface area contributed by atoms with E-state index < -0.39 is 6.10 Å². The van der Waals surface area contributed by atoms with Crippen LogP contribution in [0.25, 0.3) is 0 Å². The lowest BCUT2D eigenvalue weighted by Gasteiger charge is -2.12. The van der Waals surface area contributed by atoms with E-state index in [0.717, 1.165) is 28.6 Å². The van der Waals surface area contributed by atoms with Gasteiger partial charge in [-0.15, -0.1) is 11.3 Å². The van der Waals surface area contributed by atoms with Crippen LogP contribution in [0.15, 0.2) is 36.4 Å². The van der Waals surface area contributed by atoms with Crippen LogP contribution in [-0.4, -0.2) is 25.3 Å². The van der Waals surface area contributed by atoms with Crippen LogP contribution in [0.4, 0.5) is 0 Å². The van der Waals surface area contributed by atoms with Crippen molar-refractivity contribution < 1.29 is 9.84 Å². The highest BCUT2D eigenvalue weighted by Crippen LogP contribution is 2.21. The average Bonchev–Trinajstić information content (AvgIpc) is 2.89. The monoisotopic (exact) mass is 311 g/mol. The normalized spacial score (nSPS) is 12.3. The first kappa shape index (κ1) is 15.3. The van der Waals surface area contributed by atoms with Crippen LogP contribution in [0.3, 0.4) is 0 Å². The molecule has 1 atom stereocenters. The lowest BCUT2D eigenvalue weighted by atomic mass is 10.1. The highest BCUT2D eigenvalue weighted by atomic mass is 35.5. The molecule has 0 aliphatic heterocycles. The maximum absolute atomic E-state index is 10.1. The smallest absolute Gasteiger partial charge is 0.118 e. The summed E-state index contributed by atoms with van der Waals surface area (Å²) in [5.41, 5.74) is 0.887. The fourth-order valence-electron chi connectivity index (χ4n) is 1.88. The molecule has 0 bridgehead atoms. The number of halogens is 1. The Morgan fingerprint density at radius 2 is 2.00 bits per heavy atom. The minimum Gasteiger partial charge on any atom is -0.497 e. The molecule has 20 heavy (non-hydrogen) atoms. The third-order valence-electron chi connectivity index (χ3n) is 3.02. The van der Waals surface area contributed by atoms with Crippen molar-refractivity contribution in [2.75, 3.05) is 20.2 Å². The lowest BCUT2D eigenvalue weighted by molar-refractivity contribution is 0.175. The molecule has 0 spiro atoms. The molecule has 2 N–H and O–H groups in total. The number of hydrogen-bond donors (Lipinski definition) is 2. The van der Waals surface area contributed by atoms with Crippen molar-refractivity contribution in [2.24, 2.45) is 0 Å². The van der Waals surface area contributed by atoms with Crippen molar-refractivity contribution in [3.63, 3.8) is 0 Å². The summed E-state index contributed by atoms with van der Waals surface area (Å²) in [6, 6.07) is 11.4. The van der Waals surface area contributed by atoms with Crippen LogP contribution in [0, 0.1) is 0 Å². The largest absolute Gasteiger partial charge is 0.497 e. The molecular formula is C15H18ClNO2S. The van der Waals surface area contributed by atoms with Gasteiger partial charge >= 0.3 is 0 Å². The second kappa shape index (κ2) is 7.64. The van der Waals surface area contributed by atoms with E-state index in [-0.39, 0.29) is 0 Å². The highest BCUT2D eigenvalue weighted by molar-refractivity contribution is 7.16. The Kier molecular flexibility index (Phi) is 5.86. The number of methoxy groups -OCH3 is 1. The van der Waals surface area contributed by atoms with E-state index in [0.29, 0.717) is 6.54 Å². The number of benzene rings is 1. The lowest BCUT2D eigenvalue weighted by Crippen LogP contribution is -2.23. The first-order valence-corrected chi connectivity index (χ1v) is 7.65. The van der Waals surface area contributed by atoms with Crippen molar-refractivity contribution in [1.82, 2.24) is 5.32 Å². The molecule has 1 unspecified atom stereocenters. The van der Waals surface area contributed by atoms with Crippen LogP contribution < -0.4 is 10.1 Å². The zero-order valence-corrected chi connectivity index (χ0v) is 12.9. The predicted molar refractivity (Wildman–Crippen MR) is 83.9 cm³/mol. The Balaban J connectivity index is 1.72. The molecule has 0 saturated heterocycles. The summed E-state index contributed by atoms with van der Waals surface area (Å²) in [6.45, 7) is 1.36. The van der Waals surface area contributed by atoms with Gasteiger partial charge in [0.1, 0.15) is 5.75 Å². The van der Waals surface area contributed by atoms with E-state index in [1.807, 2.05) is 36.4 Å². The molecule has 1 heterocycles. The third kappa shape index (κ3) is 4.49. The molecular weight excluding hydrogens is 294 g/mol. The van der Waals surface area contributed by atoms with Gasteiger partial charge in [0, 0.05) is 18.0 Å². The summed E-state index contributed by atoms with van der Waals surface area (Å²) in [6.07, 6.45) is 0.417. The summed E-state index contributed by atoms with van der Waals surface area (Å²) >= 11 is 7.47. The average molecular weight is 312 g/mol. The Labute approximate surface area is 128 Å². The molecule has 3 nitrogen and oxygen atoms in total. The quantitative estimate of drug-likeness (QED) is 0.771. The van der Waals surface area contributed by atoms with Crippen LogP contribution in [0.2, 0.25) is 4.34 Å². The summed E-state index contributed by atoms with van der Waals surface area (Å²) in [4.78, 5) is 1.25. The first-order valence-electron chi connectivity index (χ1n) is 6.46. The molecule has 0 saturated carbocycles. The fourth-order valence-corrected chi connectivity index (χ4v) is 2.97. The van der Waals surface area contributed by atoms with E-state index in [9.17, 15) is 5.11 Å². The Hall–Kier alpha value is -1.07. The van der Waals surface area contributed by atoms with Gasteiger partial charge in [-0.05, 0) is 36.2 Å². The number of nitrogens with one attached hydrogen (secondary N) is 1. The minimum atomic E-state index is -0.507. The Morgan fingerprint density at radius 1 is 1.25 bits per heavy atom. The van der Waals surface area contributed by atoms with Crippen LogP contribution in [0.1, 0.15) is 16.5 Å². The van der Waals surface area contributed by atoms with Crippen LogP contribution >= 0.6 is 22.9 Å². The second-order valence-corrected chi connectivity index (χ2v) is 6.25. The van der Waals surface area contributed by atoms with Gasteiger partial charge in [0.05, 0.1) is 17.6 Å². The standard InChI is InChI=1S/C15H18ClNO2S/c1-19-12-4-2-11(3-5-12)14(18)10-17-9-8-13-6-7-15(16)20-13/h2-7,14,17-18H,8-10H2,1H3. The maximum atomic E-state index is 10.1. The van der Waals surface area contributed by atoms with Gasteiger partial charge in [-0.1, -0.05) is 23.7 Å². The molecule has 0 radical (unpaired) electrons. The van der Waals surface area contributed by atoms with E-state index in [4.69, 9.17) is 16.3 Å². The first-order chi connectivity index (χ1) is 9.69. The molecule has 0 amide bonds. The second-order valence-electron chi connectivity index (χ2n) is 4.45. The molecule has 2 rings (SSSR count). The highest BCUT2D eigenvalue weighted by Gasteiger charge is 2.07. The summed E-state index contributed by atoms with van der Waals surface area (Å²) < 4.78 is 5.91. The van der Waals surface area contributed by atoms with E-state index in [2.05, 4.69) is 5.32 Å². The van der Waals surface area contributed by atoms with E-state index >= 15 is 0 Å². The SMILES string of the molecule is COc1ccc(C(O)CNCCc2ccc(Cl)s2)cc1. The number of thiophene rings is 1. The van der Waals surface area contributed by atoms with Gasteiger partial charge in [0.15, 0.2) is 0 Å². The van der Waals surface area contributed by atoms with Gasteiger partial charge in [-0.2, -0.15) is 0 Å². The van der Waals surface area contributed by atoms with Crippen molar-refractivity contribution in [3.8, 4) is 5.75 Å². The third-order valence-corrected chi connectivity index (χ3v) is 4.31. The van der Waals surface area contributed by atoms with Crippen molar-refractivity contribution in [2.45, 2.75) is 12.5 Å². The fraction of sp³-hybridized carbons (Fsp3) is 0.333. The molecule has 0 fully saturated rings. The van der Waals surface area contributed by atoms with Crippen molar-refractivity contribution in [1.29, 1.82) is 0 Å². The molecule has 0 aliphatic carbocycles. The molecule has 108 valence electrons. The summed E-state index contributed by atoms with van der Waals surface area (Å²) in [5, 5.41) is 13.3. The predicted octanol–water partition coefficient (Wildman–Crippen LogP) is 3.28. The van der Waals surface area contributed by atoms with E-state index in [1.165, 1.54) is 4.88 Å². The van der Waals surface area contributed by atoms with Gasteiger partial charge in [0.2, 0.25) is 0 Å². The number of rotatable bonds is 7. The zero-order chi connectivity index (χ0) is 14.4. The molecule has 5 heteroatoms. The Bertz CT molecular complexity index is 527. The molecule has 1 aromatic heterocycles. The molecule has 0 aliphatic rings. The van der Waals surface area contributed by atoms with Crippen molar-refractivity contribution >= 4 is 22.9 Å². The van der Waals surface area contributed by atoms with E-state index in [1.54, 1.807) is 18.4 Å². The molecule has 2 aromatic rings. The zero-order valence-electron chi connectivity index (χ0n) is 11.3. The van der Waals surface area contributed by atoms with Crippen LogP contribution in [0.5, 0.6) is 5.75 Å². The van der Waals surface area contributed by atoms with Gasteiger partial charge in [-0.25, -0.2) is 0 Å². The number of aliphatic hydroxyl groups excluding tert-OH is 1. The number of hydrogen-bond acceptors (Lipinski definition) is 4. The minimum absolute atomic E-state index is 0.507. The van der Waals surface area contributed by atoms with Gasteiger partial charge < -0.3 is 15.2 Å². The van der Waals surface area contributed by atoms with Crippen molar-refractivity contribution in [3.05, 3.63) is 51.2 Å². The van der Waals surface area contributed by atoms with Crippen LogP contribution in [-0.2, 0) is 6.42 Å². The topological polar surface area (TPSA) is 41.5 Å². The number of aliphatic hydroxyl groups is 1. The summed E-state index contributed by atoms with van der Waals surface area (Å²) in [7, 11) is 1.63. The maximum Gasteiger partial charge on any atom is 0.118 e. The van der Waals surface area contributed by atoms with Gasteiger partial charge in [0.25, 0.3) is 0 Å². The Morgan fingerprint density at radius 3 is 2.60 bits per heavy atom. The summed E-state index contributed by atoms with van der Waals surface area (Å²) in [5.74, 6) is 0.795. The van der Waals surface area contributed by atoms with Gasteiger partial charge in [-0.3, -0.25) is 0 Å². The molecule has 1 aromatic carbocycles.